The van der Waals surface area contributed by atoms with Crippen molar-refractivity contribution in [3.8, 4) is 0 Å². The van der Waals surface area contributed by atoms with E-state index in [1.807, 2.05) is 26.0 Å². The summed E-state index contributed by atoms with van der Waals surface area (Å²) in [5.74, 6) is 0. The zero-order valence-corrected chi connectivity index (χ0v) is 10.4. The first-order chi connectivity index (χ1) is 6.91. The van der Waals surface area contributed by atoms with Crippen molar-refractivity contribution in [2.24, 2.45) is 0 Å². The molecule has 3 nitrogen and oxygen atoms in total. The third-order valence-corrected chi connectivity index (χ3v) is 5.92. The molecule has 0 aliphatic heterocycles. The molecule has 0 aliphatic carbocycles. The first-order valence-electron chi connectivity index (χ1n) is 5.06. The monoisotopic (exact) mass is 230 g/mol. The molecule has 86 valence electrons. The molecule has 1 aromatic rings. The Balaban J connectivity index is 3.16. The van der Waals surface area contributed by atoms with Crippen LogP contribution in [0.5, 0.6) is 0 Å². The van der Waals surface area contributed by atoms with Crippen molar-refractivity contribution in [3.63, 3.8) is 0 Å². The molecule has 0 aliphatic rings. The van der Waals surface area contributed by atoms with Gasteiger partial charge < -0.3 is 0 Å². The second-order valence-electron chi connectivity index (χ2n) is 3.86. The van der Waals surface area contributed by atoms with E-state index >= 15 is 0 Å². The molecule has 0 fully saturated rings. The molecule has 0 amide bonds. The molecule has 15 heavy (non-hydrogen) atoms. The van der Waals surface area contributed by atoms with Gasteiger partial charge in [0.05, 0.1) is 0 Å². The van der Waals surface area contributed by atoms with Crippen LogP contribution in [0.2, 0.25) is 0 Å². The van der Waals surface area contributed by atoms with Crippen LogP contribution in [-0.4, -0.2) is 23.1 Å². The van der Waals surface area contributed by atoms with Gasteiger partial charge in [-0.15, -0.1) is 0 Å². The molecule has 0 heterocycles. The Bertz CT molecular complexity index is 332. The molecule has 0 saturated heterocycles. The van der Waals surface area contributed by atoms with Crippen LogP contribution in [0.25, 0.3) is 0 Å². The number of aryl methyl sites for hydroxylation is 1. The van der Waals surface area contributed by atoms with E-state index in [-0.39, 0.29) is 6.16 Å². The molecule has 0 saturated carbocycles. The number of hydrogen-bond donors (Lipinski definition) is 2. The topological polar surface area (TPSA) is 49.7 Å². The van der Waals surface area contributed by atoms with Crippen LogP contribution in [0.3, 0.4) is 0 Å². The van der Waals surface area contributed by atoms with Crippen molar-refractivity contribution >= 4 is 12.6 Å². The van der Waals surface area contributed by atoms with Crippen molar-refractivity contribution in [2.75, 3.05) is 13.3 Å². The number of hydrogen-bond acceptors (Lipinski definition) is 3. The van der Waals surface area contributed by atoms with Crippen LogP contribution in [0, 0.1) is 6.92 Å². The van der Waals surface area contributed by atoms with Crippen LogP contribution in [0.15, 0.2) is 24.3 Å². The number of rotatable bonds is 4. The van der Waals surface area contributed by atoms with E-state index in [0.717, 1.165) is 5.56 Å². The molecule has 0 bridgehead atoms. The molecule has 1 rings (SSSR count). The van der Waals surface area contributed by atoms with Gasteiger partial charge in [-0.2, -0.15) is 0 Å². The van der Waals surface area contributed by atoms with Crippen LogP contribution in [0.4, 0.5) is 0 Å². The van der Waals surface area contributed by atoms with E-state index in [0.29, 0.717) is 11.7 Å². The average molecular weight is 230 g/mol. The second kappa shape index (κ2) is 4.18. The first-order valence-corrected chi connectivity index (χ1v) is 7.30. The van der Waals surface area contributed by atoms with Crippen molar-refractivity contribution < 1.29 is 14.3 Å². The van der Waals surface area contributed by atoms with Crippen molar-refractivity contribution in [3.05, 3.63) is 29.8 Å². The fraction of sp³-hybridized carbons (Fsp3) is 0.455. The zero-order valence-electron chi connectivity index (χ0n) is 9.47. The molecule has 0 radical (unpaired) electrons. The van der Waals surface area contributed by atoms with Gasteiger partial charge in [0.25, 0.3) is 0 Å². The zero-order chi connectivity index (χ0) is 11.6. The molecule has 0 spiro atoms. The third kappa shape index (κ3) is 2.56. The van der Waals surface area contributed by atoms with E-state index in [1.54, 1.807) is 12.1 Å². The molecule has 0 unspecified atom stereocenters. The van der Waals surface area contributed by atoms with E-state index in [2.05, 4.69) is 0 Å². The standard InChI is InChI=1S/C11H19O3P/c1-4-9-15(12,13,14-3)11-7-5-10(2)6-8-11/h5-8,12-13H,4,9H2,1-3H3. The summed E-state index contributed by atoms with van der Waals surface area (Å²) in [6.07, 6.45) is 0.942. The number of benzene rings is 1. The Morgan fingerprint density at radius 2 is 1.73 bits per heavy atom. The molecule has 2 N–H and O–H groups in total. The SMILES string of the molecule is CCCP(O)(O)(OC)c1ccc(C)cc1. The van der Waals surface area contributed by atoms with Crippen molar-refractivity contribution in [1.29, 1.82) is 0 Å². The second-order valence-corrected chi connectivity index (χ2v) is 7.41. The van der Waals surface area contributed by atoms with E-state index in [4.69, 9.17) is 4.52 Å². The molecule has 0 aromatic heterocycles. The summed E-state index contributed by atoms with van der Waals surface area (Å²) < 4.78 is 5.03. The van der Waals surface area contributed by atoms with Gasteiger partial charge in [-0.25, -0.2) is 0 Å². The van der Waals surface area contributed by atoms with E-state index < -0.39 is 7.28 Å². The predicted octanol–water partition coefficient (Wildman–Crippen LogP) is 1.96. The van der Waals surface area contributed by atoms with Gasteiger partial charge in [-0.1, -0.05) is 0 Å². The molecular formula is C11H19O3P. The Morgan fingerprint density at radius 1 is 1.20 bits per heavy atom. The van der Waals surface area contributed by atoms with Gasteiger partial charge in [-0.05, 0) is 0 Å². The summed E-state index contributed by atoms with van der Waals surface area (Å²) in [4.78, 5) is 20.6. The average Bonchev–Trinajstić information content (AvgIpc) is 2.19. The fourth-order valence-corrected chi connectivity index (χ4v) is 3.78. The van der Waals surface area contributed by atoms with Gasteiger partial charge in [-0.3, -0.25) is 0 Å². The van der Waals surface area contributed by atoms with Gasteiger partial charge >= 0.3 is 90.3 Å². The molecule has 1 aromatic carbocycles. The maximum atomic E-state index is 10.3. The van der Waals surface area contributed by atoms with Gasteiger partial charge in [0.2, 0.25) is 0 Å². The maximum absolute atomic E-state index is 10.3. The minimum absolute atomic E-state index is 0.269. The molecule has 4 heteroatoms. The predicted molar refractivity (Wildman–Crippen MR) is 64.3 cm³/mol. The fourth-order valence-electron chi connectivity index (χ4n) is 1.57. The van der Waals surface area contributed by atoms with Crippen LogP contribution in [0.1, 0.15) is 18.9 Å². The quantitative estimate of drug-likeness (QED) is 0.777. The first kappa shape index (κ1) is 12.6. The summed E-state index contributed by atoms with van der Waals surface area (Å²) in [5.41, 5.74) is 1.09. The van der Waals surface area contributed by atoms with Crippen molar-refractivity contribution in [2.45, 2.75) is 20.3 Å². The van der Waals surface area contributed by atoms with Crippen LogP contribution >= 0.6 is 7.28 Å². The van der Waals surface area contributed by atoms with Gasteiger partial charge in [0.1, 0.15) is 0 Å². The summed E-state index contributed by atoms with van der Waals surface area (Å²) in [6.45, 7) is 3.86. The Morgan fingerprint density at radius 3 is 2.13 bits per heavy atom. The summed E-state index contributed by atoms with van der Waals surface area (Å²) in [6, 6.07) is 7.17. The summed E-state index contributed by atoms with van der Waals surface area (Å²) >= 11 is 0. The molecular weight excluding hydrogens is 211 g/mol. The minimum atomic E-state index is -4.10. The van der Waals surface area contributed by atoms with Crippen molar-refractivity contribution in [1.82, 2.24) is 0 Å². The van der Waals surface area contributed by atoms with Crippen LogP contribution < -0.4 is 5.30 Å². The summed E-state index contributed by atoms with van der Waals surface area (Å²) in [5, 5.41) is 0.496. The summed E-state index contributed by atoms with van der Waals surface area (Å²) in [7, 11) is -2.74. The van der Waals surface area contributed by atoms with E-state index in [9.17, 15) is 9.79 Å². The van der Waals surface area contributed by atoms with Crippen LogP contribution in [-0.2, 0) is 4.52 Å². The molecule has 0 atom stereocenters. The van der Waals surface area contributed by atoms with Gasteiger partial charge in [0.15, 0.2) is 0 Å². The Labute approximate surface area is 90.9 Å². The Hall–Kier alpha value is -0.470. The van der Waals surface area contributed by atoms with Gasteiger partial charge in [0, 0.05) is 0 Å². The normalized spacial score (nSPS) is 14.6. The Kier molecular flexibility index (Phi) is 3.51. The van der Waals surface area contributed by atoms with E-state index in [1.165, 1.54) is 7.11 Å². The third-order valence-electron chi connectivity index (χ3n) is 2.56.